The number of anilines is 1. The Morgan fingerprint density at radius 3 is 2.14 bits per heavy atom. The predicted molar refractivity (Wildman–Crippen MR) is 143 cm³/mol. The fourth-order valence-corrected chi connectivity index (χ4v) is 4.90. The van der Waals surface area contributed by atoms with Gasteiger partial charge in [-0.25, -0.2) is 8.42 Å². The second kappa shape index (κ2) is 12.5. The lowest BCUT2D eigenvalue weighted by Crippen LogP contribution is -2.52. The molecule has 0 saturated carbocycles. The van der Waals surface area contributed by atoms with Crippen molar-refractivity contribution in [1.82, 2.24) is 10.2 Å². The van der Waals surface area contributed by atoms with Gasteiger partial charge in [-0.15, -0.1) is 0 Å². The Labute approximate surface area is 226 Å². The van der Waals surface area contributed by atoms with Crippen LogP contribution in [-0.4, -0.2) is 50.0 Å². The van der Waals surface area contributed by atoms with Gasteiger partial charge in [0.2, 0.25) is 21.8 Å². The molecular formula is C23H27Cl4N3O4S. The maximum Gasteiger partial charge on any atom is 0.244 e. The van der Waals surface area contributed by atoms with E-state index in [-0.39, 0.29) is 39.2 Å². The number of carbonyl (C=O) groups is 2. The molecule has 0 fully saturated rings. The van der Waals surface area contributed by atoms with Gasteiger partial charge in [-0.3, -0.25) is 13.9 Å². The lowest BCUT2D eigenvalue weighted by Gasteiger charge is -2.32. The van der Waals surface area contributed by atoms with E-state index in [0.717, 1.165) is 10.6 Å². The number of sulfonamides is 1. The molecular weight excluding hydrogens is 556 g/mol. The molecule has 2 aromatic rings. The second-order valence-electron chi connectivity index (χ2n) is 8.09. The summed E-state index contributed by atoms with van der Waals surface area (Å²) in [5, 5.41) is 3.47. The molecule has 0 radical (unpaired) electrons. The molecule has 0 aliphatic rings. The molecule has 0 aliphatic heterocycles. The number of halogens is 4. The van der Waals surface area contributed by atoms with E-state index in [1.54, 1.807) is 31.2 Å². The molecule has 2 amide bonds. The topological polar surface area (TPSA) is 86.8 Å². The zero-order chi connectivity index (χ0) is 26.5. The largest absolute Gasteiger partial charge is 0.352 e. The van der Waals surface area contributed by atoms with Gasteiger partial charge in [0.1, 0.15) is 12.6 Å². The predicted octanol–water partition coefficient (Wildman–Crippen LogP) is 5.40. The van der Waals surface area contributed by atoms with E-state index in [2.05, 4.69) is 5.32 Å². The number of nitrogens with zero attached hydrogens (tertiary/aromatic N) is 2. The van der Waals surface area contributed by atoms with Crippen LogP contribution in [0.3, 0.4) is 0 Å². The number of hydrogen-bond donors (Lipinski definition) is 1. The fourth-order valence-electron chi connectivity index (χ4n) is 3.16. The lowest BCUT2D eigenvalue weighted by atomic mass is 10.1. The first-order valence-corrected chi connectivity index (χ1v) is 14.1. The standard InChI is InChI=1S/C23H27Cl4N3O4S/c1-5-14(2)28-23(32)15(3)29(12-16-8-6-7-9-17(16)24)22(31)13-30(35(4,33)34)21-11-19(26)18(25)10-20(21)27/h6-11,14-15H,5,12-13H2,1-4H3,(H,28,32). The van der Waals surface area contributed by atoms with Crippen molar-refractivity contribution in [3.63, 3.8) is 0 Å². The Morgan fingerprint density at radius 1 is 0.971 bits per heavy atom. The van der Waals surface area contributed by atoms with Crippen molar-refractivity contribution in [1.29, 1.82) is 0 Å². The number of nitrogens with one attached hydrogen (secondary N) is 1. The molecule has 35 heavy (non-hydrogen) atoms. The molecule has 2 atom stereocenters. The maximum atomic E-state index is 13.5. The summed E-state index contributed by atoms with van der Waals surface area (Å²) in [6, 6.07) is 8.45. The normalized spacial score (nSPS) is 13.1. The first-order chi connectivity index (χ1) is 16.3. The number of amides is 2. The fraction of sp³-hybridized carbons (Fsp3) is 0.391. The van der Waals surface area contributed by atoms with Crippen molar-refractivity contribution >= 4 is 73.9 Å². The Hall–Kier alpha value is -1.71. The summed E-state index contributed by atoms with van der Waals surface area (Å²) in [6.07, 6.45) is 1.64. The summed E-state index contributed by atoms with van der Waals surface area (Å²) in [7, 11) is -3.98. The van der Waals surface area contributed by atoms with Gasteiger partial charge in [0.25, 0.3) is 0 Å². The van der Waals surface area contributed by atoms with Crippen LogP contribution in [0, 0.1) is 0 Å². The van der Waals surface area contributed by atoms with Crippen LogP contribution in [0.5, 0.6) is 0 Å². The van der Waals surface area contributed by atoms with Gasteiger partial charge in [0.15, 0.2) is 0 Å². The molecule has 0 aromatic heterocycles. The Balaban J connectivity index is 2.47. The first-order valence-electron chi connectivity index (χ1n) is 10.7. The molecule has 1 N–H and O–H groups in total. The van der Waals surface area contributed by atoms with Gasteiger partial charge in [-0.2, -0.15) is 0 Å². The first kappa shape index (κ1) is 29.5. The van der Waals surface area contributed by atoms with Gasteiger partial charge in [0.05, 0.1) is 27.0 Å². The van der Waals surface area contributed by atoms with Gasteiger partial charge >= 0.3 is 0 Å². The summed E-state index contributed by atoms with van der Waals surface area (Å²) in [5.41, 5.74) is 0.593. The molecule has 0 aliphatic carbocycles. The smallest absolute Gasteiger partial charge is 0.244 e. The SMILES string of the molecule is CCC(C)NC(=O)C(C)N(Cc1ccccc1Cl)C(=O)CN(c1cc(Cl)c(Cl)cc1Cl)S(C)(=O)=O. The van der Waals surface area contributed by atoms with Crippen LogP contribution in [0.2, 0.25) is 20.1 Å². The van der Waals surface area contributed by atoms with Crippen LogP contribution in [0.1, 0.15) is 32.8 Å². The number of benzene rings is 2. The van der Waals surface area contributed by atoms with Gasteiger partial charge in [0, 0.05) is 17.6 Å². The van der Waals surface area contributed by atoms with E-state index in [9.17, 15) is 18.0 Å². The molecule has 0 heterocycles. The summed E-state index contributed by atoms with van der Waals surface area (Å²) in [4.78, 5) is 27.7. The maximum absolute atomic E-state index is 13.5. The molecule has 7 nitrogen and oxygen atoms in total. The van der Waals surface area contributed by atoms with Crippen LogP contribution in [-0.2, 0) is 26.2 Å². The Bertz CT molecular complexity index is 1190. The highest BCUT2D eigenvalue weighted by molar-refractivity contribution is 7.92. The van der Waals surface area contributed by atoms with Crippen LogP contribution >= 0.6 is 46.4 Å². The summed E-state index contributed by atoms with van der Waals surface area (Å²) in [6.45, 7) is 4.71. The molecule has 0 bridgehead atoms. The third-order valence-electron chi connectivity index (χ3n) is 5.40. The molecule has 192 valence electrons. The highest BCUT2D eigenvalue weighted by Crippen LogP contribution is 2.35. The zero-order valence-corrected chi connectivity index (χ0v) is 23.5. The molecule has 0 spiro atoms. The summed E-state index contributed by atoms with van der Waals surface area (Å²) >= 11 is 24.6. The minimum absolute atomic E-state index is 0.00200. The number of hydrogen-bond acceptors (Lipinski definition) is 4. The minimum atomic E-state index is -3.98. The van der Waals surface area contributed by atoms with Crippen molar-refractivity contribution in [2.75, 3.05) is 17.1 Å². The van der Waals surface area contributed by atoms with E-state index in [1.807, 2.05) is 13.8 Å². The van der Waals surface area contributed by atoms with Crippen LogP contribution in [0.4, 0.5) is 5.69 Å². The van der Waals surface area contributed by atoms with Gasteiger partial charge in [-0.1, -0.05) is 71.5 Å². The van der Waals surface area contributed by atoms with E-state index in [0.29, 0.717) is 17.0 Å². The Kier molecular flexibility index (Phi) is 10.5. The summed E-state index contributed by atoms with van der Waals surface area (Å²) < 4.78 is 26.2. The Morgan fingerprint density at radius 2 is 1.57 bits per heavy atom. The summed E-state index contributed by atoms with van der Waals surface area (Å²) in [5.74, 6) is -1.01. The highest BCUT2D eigenvalue weighted by atomic mass is 35.5. The van der Waals surface area contributed by atoms with Crippen molar-refractivity contribution < 1.29 is 18.0 Å². The number of rotatable bonds is 10. The third kappa shape index (κ3) is 7.89. The molecule has 0 saturated heterocycles. The molecule has 2 rings (SSSR count). The van der Waals surface area contributed by atoms with Crippen LogP contribution < -0.4 is 9.62 Å². The average Bonchev–Trinajstić information content (AvgIpc) is 2.78. The third-order valence-corrected chi connectivity index (χ3v) is 7.92. The van der Waals surface area contributed by atoms with Crippen molar-refractivity contribution in [2.45, 2.75) is 45.8 Å². The van der Waals surface area contributed by atoms with Gasteiger partial charge < -0.3 is 10.2 Å². The average molecular weight is 583 g/mol. The quantitative estimate of drug-likeness (QED) is 0.380. The lowest BCUT2D eigenvalue weighted by molar-refractivity contribution is -0.139. The monoisotopic (exact) mass is 581 g/mol. The zero-order valence-electron chi connectivity index (χ0n) is 19.7. The van der Waals surface area contributed by atoms with Crippen molar-refractivity contribution in [3.8, 4) is 0 Å². The van der Waals surface area contributed by atoms with E-state index < -0.39 is 28.5 Å². The molecule has 2 aromatic carbocycles. The minimum Gasteiger partial charge on any atom is -0.352 e. The van der Waals surface area contributed by atoms with Gasteiger partial charge in [-0.05, 0) is 44.0 Å². The second-order valence-corrected chi connectivity index (χ2v) is 11.6. The van der Waals surface area contributed by atoms with E-state index >= 15 is 0 Å². The van der Waals surface area contributed by atoms with E-state index in [4.69, 9.17) is 46.4 Å². The van der Waals surface area contributed by atoms with Crippen molar-refractivity contribution in [3.05, 3.63) is 62.1 Å². The molecule has 2 unspecified atom stereocenters. The van der Waals surface area contributed by atoms with Crippen LogP contribution in [0.25, 0.3) is 0 Å². The molecule has 12 heteroatoms. The van der Waals surface area contributed by atoms with E-state index in [1.165, 1.54) is 17.0 Å². The van der Waals surface area contributed by atoms with Crippen LogP contribution in [0.15, 0.2) is 36.4 Å². The van der Waals surface area contributed by atoms with Crippen molar-refractivity contribution in [2.24, 2.45) is 0 Å². The highest BCUT2D eigenvalue weighted by Gasteiger charge is 2.31. The number of carbonyl (C=O) groups excluding carboxylic acids is 2.